The molecule has 0 atom stereocenters. The zero-order valence-electron chi connectivity index (χ0n) is 12.3. The van der Waals surface area contributed by atoms with Gasteiger partial charge < -0.3 is 10.6 Å². The molecule has 2 aromatic carbocycles. The van der Waals surface area contributed by atoms with Crippen LogP contribution in [-0.4, -0.2) is 15.9 Å². The first-order chi connectivity index (χ1) is 11.6. The fourth-order valence-electron chi connectivity index (χ4n) is 1.96. The minimum absolute atomic E-state index is 0.0935. The number of hydrogen-bond donors (Lipinski definition) is 2. The lowest BCUT2D eigenvalue weighted by Gasteiger charge is -2.08. The molecule has 0 radical (unpaired) electrons. The van der Waals surface area contributed by atoms with Crippen molar-refractivity contribution in [2.24, 2.45) is 0 Å². The van der Waals surface area contributed by atoms with Gasteiger partial charge in [0.1, 0.15) is 17.3 Å². The molecular weight excluding hydrogens is 375 g/mol. The molecule has 1 heterocycles. The number of nitrogens with zero attached hydrogens (tertiary/aromatic N) is 2. The van der Waals surface area contributed by atoms with Gasteiger partial charge in [0.25, 0.3) is 5.91 Å². The summed E-state index contributed by atoms with van der Waals surface area (Å²) in [6.07, 6.45) is 2.77. The van der Waals surface area contributed by atoms with E-state index in [9.17, 15) is 9.18 Å². The number of anilines is 3. The molecular formula is C17H12BrFN4O. The van der Waals surface area contributed by atoms with Gasteiger partial charge in [-0.3, -0.25) is 4.79 Å². The van der Waals surface area contributed by atoms with Gasteiger partial charge in [-0.05, 0) is 40.2 Å². The van der Waals surface area contributed by atoms with E-state index in [1.54, 1.807) is 12.1 Å². The zero-order valence-corrected chi connectivity index (χ0v) is 13.9. The fourth-order valence-corrected chi connectivity index (χ4v) is 2.34. The molecule has 0 unspecified atom stereocenters. The summed E-state index contributed by atoms with van der Waals surface area (Å²) < 4.78 is 14.4. The number of carbonyl (C=O) groups excluding carboxylic acids is 1. The number of nitrogens with one attached hydrogen (secondary N) is 2. The molecule has 0 bridgehead atoms. The topological polar surface area (TPSA) is 66.9 Å². The van der Waals surface area contributed by atoms with Crippen molar-refractivity contribution in [1.29, 1.82) is 0 Å². The number of rotatable bonds is 4. The largest absolute Gasteiger partial charge is 0.338 e. The van der Waals surface area contributed by atoms with Crippen LogP contribution in [0.1, 0.15) is 10.5 Å². The average molecular weight is 387 g/mol. The van der Waals surface area contributed by atoms with E-state index in [0.29, 0.717) is 5.82 Å². The lowest BCUT2D eigenvalue weighted by molar-refractivity contribution is 0.102. The molecule has 24 heavy (non-hydrogen) atoms. The van der Waals surface area contributed by atoms with Crippen molar-refractivity contribution in [3.8, 4) is 0 Å². The highest BCUT2D eigenvalue weighted by Gasteiger charge is 2.11. The minimum Gasteiger partial charge on any atom is -0.338 e. The highest BCUT2D eigenvalue weighted by atomic mass is 79.9. The lowest BCUT2D eigenvalue weighted by atomic mass is 10.3. The third-order valence-corrected chi connectivity index (χ3v) is 3.83. The maximum absolute atomic E-state index is 13.5. The molecule has 0 aliphatic heterocycles. The average Bonchev–Trinajstić information content (AvgIpc) is 2.59. The first-order valence-electron chi connectivity index (χ1n) is 7.03. The summed E-state index contributed by atoms with van der Waals surface area (Å²) >= 11 is 3.42. The van der Waals surface area contributed by atoms with E-state index < -0.39 is 11.7 Å². The van der Waals surface area contributed by atoms with Crippen LogP contribution < -0.4 is 10.6 Å². The summed E-state index contributed by atoms with van der Waals surface area (Å²) in [5.41, 5.74) is 1.02. The van der Waals surface area contributed by atoms with Crippen LogP contribution in [0, 0.1) is 5.82 Å². The van der Waals surface area contributed by atoms with Crippen LogP contribution in [0.2, 0.25) is 0 Å². The van der Waals surface area contributed by atoms with Crippen molar-refractivity contribution in [2.75, 3.05) is 10.6 Å². The summed E-state index contributed by atoms with van der Waals surface area (Å²) in [5, 5.41) is 5.55. The molecule has 3 rings (SSSR count). The highest BCUT2D eigenvalue weighted by molar-refractivity contribution is 9.10. The van der Waals surface area contributed by atoms with E-state index in [1.807, 2.05) is 24.3 Å². The number of para-hydroxylation sites is 2. The van der Waals surface area contributed by atoms with Crippen LogP contribution in [0.4, 0.5) is 21.6 Å². The number of carbonyl (C=O) groups is 1. The van der Waals surface area contributed by atoms with Gasteiger partial charge in [-0.2, -0.15) is 0 Å². The Balaban J connectivity index is 1.71. The van der Waals surface area contributed by atoms with Gasteiger partial charge in [0.2, 0.25) is 0 Å². The van der Waals surface area contributed by atoms with E-state index in [2.05, 4.69) is 36.5 Å². The Bertz CT molecular complexity index is 870. The Hall–Kier alpha value is -2.80. The first-order valence-corrected chi connectivity index (χ1v) is 7.82. The van der Waals surface area contributed by atoms with E-state index in [0.717, 1.165) is 10.2 Å². The SMILES string of the molecule is O=C(Nc1ccccc1F)c1cnc(Nc2ccccc2Br)cn1. The van der Waals surface area contributed by atoms with Gasteiger partial charge in [-0.25, -0.2) is 14.4 Å². The smallest absolute Gasteiger partial charge is 0.275 e. The van der Waals surface area contributed by atoms with Gasteiger partial charge in [-0.15, -0.1) is 0 Å². The van der Waals surface area contributed by atoms with Gasteiger partial charge in [-0.1, -0.05) is 24.3 Å². The van der Waals surface area contributed by atoms with Crippen molar-refractivity contribution in [2.45, 2.75) is 0 Å². The van der Waals surface area contributed by atoms with Crippen LogP contribution in [0.3, 0.4) is 0 Å². The summed E-state index contributed by atoms with van der Waals surface area (Å²) in [5.74, 6) is -0.546. The van der Waals surface area contributed by atoms with Gasteiger partial charge >= 0.3 is 0 Å². The van der Waals surface area contributed by atoms with Crippen molar-refractivity contribution in [1.82, 2.24) is 9.97 Å². The molecule has 3 aromatic rings. The molecule has 0 fully saturated rings. The second-order valence-corrected chi connectivity index (χ2v) is 5.68. The molecule has 7 heteroatoms. The van der Waals surface area contributed by atoms with Crippen molar-refractivity contribution in [3.63, 3.8) is 0 Å². The van der Waals surface area contributed by atoms with E-state index in [-0.39, 0.29) is 11.4 Å². The molecule has 1 amide bonds. The quantitative estimate of drug-likeness (QED) is 0.698. The summed E-state index contributed by atoms with van der Waals surface area (Å²) in [6.45, 7) is 0. The second kappa shape index (κ2) is 7.18. The third kappa shape index (κ3) is 3.75. The molecule has 1 aromatic heterocycles. The Morgan fingerprint density at radius 1 is 0.958 bits per heavy atom. The van der Waals surface area contributed by atoms with Crippen molar-refractivity contribution < 1.29 is 9.18 Å². The van der Waals surface area contributed by atoms with Crippen LogP contribution >= 0.6 is 15.9 Å². The second-order valence-electron chi connectivity index (χ2n) is 4.83. The predicted molar refractivity (Wildman–Crippen MR) is 93.8 cm³/mol. The maximum Gasteiger partial charge on any atom is 0.275 e. The summed E-state index contributed by atoms with van der Waals surface area (Å²) in [6, 6.07) is 13.5. The number of aromatic nitrogens is 2. The fraction of sp³-hybridized carbons (Fsp3) is 0. The predicted octanol–water partition coefficient (Wildman–Crippen LogP) is 4.37. The van der Waals surface area contributed by atoms with Crippen LogP contribution in [0.5, 0.6) is 0 Å². The van der Waals surface area contributed by atoms with Gasteiger partial charge in [0.15, 0.2) is 0 Å². The number of benzene rings is 2. The van der Waals surface area contributed by atoms with E-state index >= 15 is 0 Å². The van der Waals surface area contributed by atoms with E-state index in [1.165, 1.54) is 24.5 Å². The number of halogens is 2. The normalized spacial score (nSPS) is 10.2. The summed E-state index contributed by atoms with van der Waals surface area (Å²) in [4.78, 5) is 20.3. The molecule has 5 nitrogen and oxygen atoms in total. The first kappa shape index (κ1) is 16.1. The van der Waals surface area contributed by atoms with Crippen LogP contribution in [0.15, 0.2) is 65.4 Å². The van der Waals surface area contributed by atoms with Crippen LogP contribution in [0.25, 0.3) is 0 Å². The Kier molecular flexibility index (Phi) is 4.81. The maximum atomic E-state index is 13.5. The standard InChI is InChI=1S/C17H12BrFN4O/c18-11-5-1-3-7-13(11)22-16-10-20-15(9-21-16)17(24)23-14-8-4-2-6-12(14)19/h1-10H,(H,21,22)(H,23,24). The molecule has 0 saturated heterocycles. The zero-order chi connectivity index (χ0) is 16.9. The molecule has 120 valence electrons. The minimum atomic E-state index is -0.528. The number of hydrogen-bond acceptors (Lipinski definition) is 4. The Labute approximate surface area is 146 Å². The van der Waals surface area contributed by atoms with Gasteiger partial charge in [0.05, 0.1) is 23.8 Å². The Morgan fingerprint density at radius 2 is 1.67 bits per heavy atom. The van der Waals surface area contributed by atoms with E-state index in [4.69, 9.17) is 0 Å². The highest BCUT2D eigenvalue weighted by Crippen LogP contribution is 2.24. The molecule has 2 N–H and O–H groups in total. The molecule has 0 aliphatic rings. The Morgan fingerprint density at radius 3 is 2.33 bits per heavy atom. The monoisotopic (exact) mass is 386 g/mol. The lowest BCUT2D eigenvalue weighted by Crippen LogP contribution is -2.15. The molecule has 0 saturated carbocycles. The summed E-state index contributed by atoms with van der Waals surface area (Å²) in [7, 11) is 0. The van der Waals surface area contributed by atoms with Gasteiger partial charge in [0, 0.05) is 4.47 Å². The van der Waals surface area contributed by atoms with Crippen molar-refractivity contribution in [3.05, 3.63) is 76.9 Å². The third-order valence-electron chi connectivity index (χ3n) is 3.14. The molecule has 0 spiro atoms. The van der Waals surface area contributed by atoms with Crippen molar-refractivity contribution >= 4 is 39.0 Å². The molecule has 0 aliphatic carbocycles. The van der Waals surface area contributed by atoms with Crippen LogP contribution in [-0.2, 0) is 0 Å². The number of amides is 1.